The van der Waals surface area contributed by atoms with Crippen LogP contribution in [0, 0.1) is 6.07 Å². The van der Waals surface area contributed by atoms with E-state index in [4.69, 9.17) is 18.9 Å². The number of aliphatic hydroxyl groups excluding tert-OH is 1. The van der Waals surface area contributed by atoms with Crippen LogP contribution in [0.5, 0.6) is 0 Å². The molecule has 40 heavy (non-hydrogen) atoms. The van der Waals surface area contributed by atoms with Crippen molar-refractivity contribution < 1.29 is 38.8 Å². The van der Waals surface area contributed by atoms with E-state index in [0.717, 1.165) is 49.9 Å². The smallest absolute Gasteiger partial charge is 0.217 e. The summed E-state index contributed by atoms with van der Waals surface area (Å²) in [6.45, 7) is 9.50. The maximum atomic E-state index is 10.0. The van der Waals surface area contributed by atoms with E-state index < -0.39 is 0 Å². The number of ketones is 1. The van der Waals surface area contributed by atoms with Crippen LogP contribution in [0.25, 0.3) is 55.6 Å². The molecule has 0 bridgehead atoms. The molecule has 6 rings (SSSR count). The molecule has 0 unspecified atom stereocenters. The number of allylic oxidation sites excluding steroid dienone is 2. The predicted octanol–water partition coefficient (Wildman–Crippen LogP) is 9.19. The summed E-state index contributed by atoms with van der Waals surface area (Å²) in [6, 6.07) is 30.0. The van der Waals surface area contributed by atoms with Crippen molar-refractivity contribution in [3.05, 3.63) is 102 Å². The normalized spacial score (nSPS) is 11.8. The van der Waals surface area contributed by atoms with Gasteiger partial charge in [0.15, 0.2) is 5.78 Å². The number of rotatable bonds is 3. The van der Waals surface area contributed by atoms with E-state index in [1.807, 2.05) is 48.5 Å². The van der Waals surface area contributed by atoms with E-state index in [0.29, 0.717) is 5.71 Å². The van der Waals surface area contributed by atoms with Gasteiger partial charge in [-0.3, -0.25) is 9.78 Å². The van der Waals surface area contributed by atoms with Crippen LogP contribution in [-0.2, 0) is 30.3 Å². The van der Waals surface area contributed by atoms with Crippen LogP contribution in [0.2, 0.25) is 0 Å². The molecule has 0 fully saturated rings. The van der Waals surface area contributed by atoms with E-state index in [2.05, 4.69) is 57.2 Å². The van der Waals surface area contributed by atoms with Gasteiger partial charge in [-0.05, 0) is 42.7 Å². The van der Waals surface area contributed by atoms with Crippen LogP contribution >= 0.6 is 0 Å². The van der Waals surface area contributed by atoms with Crippen molar-refractivity contribution in [1.82, 2.24) is 4.98 Å². The molecule has 205 valence electrons. The number of hydrogen-bond acceptors (Lipinski definition) is 5. The fourth-order valence-electron chi connectivity index (χ4n) is 4.51. The van der Waals surface area contributed by atoms with Gasteiger partial charge in [0, 0.05) is 42.5 Å². The Kier molecular flexibility index (Phi) is 8.43. The van der Waals surface area contributed by atoms with Crippen LogP contribution in [-0.4, -0.2) is 15.9 Å². The van der Waals surface area contributed by atoms with Crippen molar-refractivity contribution in [1.29, 1.82) is 0 Å². The zero-order chi connectivity index (χ0) is 27.7. The summed E-state index contributed by atoms with van der Waals surface area (Å²) in [5.74, 6) is 0.753. The van der Waals surface area contributed by atoms with Gasteiger partial charge < -0.3 is 13.9 Å². The number of furan rings is 2. The Labute approximate surface area is 246 Å². The Morgan fingerprint density at radius 3 is 2.30 bits per heavy atom. The molecule has 0 aliphatic carbocycles. The third-order valence-corrected chi connectivity index (χ3v) is 6.43. The van der Waals surface area contributed by atoms with Crippen molar-refractivity contribution in [2.24, 2.45) is 0 Å². The van der Waals surface area contributed by atoms with E-state index in [1.54, 1.807) is 0 Å². The summed E-state index contributed by atoms with van der Waals surface area (Å²) < 4.78 is 12.3. The second-order valence-electron chi connectivity index (χ2n) is 10.6. The molecular weight excluding hydrogens is 679 g/mol. The number of aliphatic hydroxyl groups is 1. The molecule has 0 spiro atoms. The fraction of sp³-hybridized carbons (Fsp3) is 0.176. The second-order valence-corrected chi connectivity index (χ2v) is 10.6. The minimum absolute atomic E-state index is 0. The van der Waals surface area contributed by atoms with Crippen molar-refractivity contribution in [2.75, 3.05) is 0 Å². The summed E-state index contributed by atoms with van der Waals surface area (Å²) >= 11 is 0. The van der Waals surface area contributed by atoms with Gasteiger partial charge in [0.25, 0.3) is 0 Å². The van der Waals surface area contributed by atoms with E-state index in [-0.39, 0.29) is 37.1 Å². The summed E-state index contributed by atoms with van der Waals surface area (Å²) in [6.07, 6.45) is 1.17. The van der Waals surface area contributed by atoms with Crippen LogP contribution in [0.1, 0.15) is 40.2 Å². The minimum Gasteiger partial charge on any atom is -0.512 e. The van der Waals surface area contributed by atoms with Crippen molar-refractivity contribution in [2.45, 2.75) is 40.0 Å². The summed E-state index contributed by atoms with van der Waals surface area (Å²) in [5, 5.41) is 11.5. The molecule has 3 heterocycles. The van der Waals surface area contributed by atoms with Gasteiger partial charge in [-0.25, -0.2) is 0 Å². The summed E-state index contributed by atoms with van der Waals surface area (Å²) in [7, 11) is 0. The molecule has 0 saturated heterocycles. The Morgan fingerprint density at radius 1 is 0.925 bits per heavy atom. The van der Waals surface area contributed by atoms with Crippen molar-refractivity contribution in [3.8, 4) is 22.6 Å². The molecule has 0 amide bonds. The monoisotopic (exact) mass is 709 g/mol. The molecule has 3 aromatic heterocycles. The predicted molar refractivity (Wildman–Crippen MR) is 157 cm³/mol. The van der Waals surface area contributed by atoms with Gasteiger partial charge in [0.1, 0.15) is 11.3 Å². The Bertz CT molecular complexity index is 1830. The van der Waals surface area contributed by atoms with E-state index in [1.165, 1.54) is 25.5 Å². The fourth-order valence-corrected chi connectivity index (χ4v) is 4.51. The van der Waals surface area contributed by atoms with Gasteiger partial charge in [-0.2, -0.15) is 0 Å². The zero-order valence-corrected chi connectivity index (χ0v) is 25.4. The standard InChI is InChI=1S/C29H22NO2.C5H8O2.Ir/c1-29(2,3)20-14-11-18(12-15-20)26-17-19-13-16-24(30-28(19)32-26)23-9-6-8-22-21-7-4-5-10-25(21)31-27(22)23;1-4(6)3-5(2)7;/h4-8,10-17H,1-3H3;3,6H,1-2H3;/q-1;;/b;4-3-;. The van der Waals surface area contributed by atoms with Gasteiger partial charge in [0.05, 0.1) is 11.3 Å². The Balaban J connectivity index is 0.000000413. The molecule has 1 N–H and O–H groups in total. The number of nitrogens with zero attached hydrogens (tertiary/aromatic N) is 1. The molecule has 5 nitrogen and oxygen atoms in total. The SMILES string of the molecule is CC(=O)/C=C(/C)O.CC(C)(C)c1ccc(-c2cc3ccc(-c4[c-]ccc5c4oc4ccccc45)nc3o2)cc1.[Ir]. The van der Waals surface area contributed by atoms with Crippen LogP contribution in [0.4, 0.5) is 0 Å². The number of carbonyl (C=O) groups is 1. The summed E-state index contributed by atoms with van der Waals surface area (Å²) in [4.78, 5) is 14.8. The molecule has 0 aliphatic heterocycles. The van der Waals surface area contributed by atoms with E-state index in [9.17, 15) is 4.79 Å². The number of para-hydroxylation sites is 1. The van der Waals surface area contributed by atoms with Gasteiger partial charge in [0.2, 0.25) is 5.71 Å². The first-order valence-corrected chi connectivity index (χ1v) is 12.8. The van der Waals surface area contributed by atoms with Crippen LogP contribution < -0.4 is 0 Å². The number of aromatic nitrogens is 1. The first-order chi connectivity index (χ1) is 18.6. The number of pyridine rings is 1. The molecule has 6 aromatic rings. The van der Waals surface area contributed by atoms with Crippen molar-refractivity contribution in [3.63, 3.8) is 0 Å². The van der Waals surface area contributed by atoms with Gasteiger partial charge in [-0.1, -0.05) is 86.3 Å². The first-order valence-electron chi connectivity index (χ1n) is 12.8. The topological polar surface area (TPSA) is 76.5 Å². The molecular formula is C34H30IrNO4-. The van der Waals surface area contributed by atoms with Crippen LogP contribution in [0.3, 0.4) is 0 Å². The molecule has 0 atom stereocenters. The molecule has 0 aliphatic rings. The maximum absolute atomic E-state index is 10.0. The molecule has 1 radical (unpaired) electrons. The van der Waals surface area contributed by atoms with Gasteiger partial charge in [-0.15, -0.1) is 18.2 Å². The third-order valence-electron chi connectivity index (χ3n) is 6.43. The minimum atomic E-state index is -0.125. The Morgan fingerprint density at radius 2 is 1.65 bits per heavy atom. The average molecular weight is 709 g/mol. The largest absolute Gasteiger partial charge is 0.512 e. The quantitative estimate of drug-likeness (QED) is 0.113. The zero-order valence-electron chi connectivity index (χ0n) is 23.0. The number of fused-ring (bicyclic) bond motifs is 4. The second kappa shape index (κ2) is 11.6. The summed E-state index contributed by atoms with van der Waals surface area (Å²) in [5.41, 5.74) is 6.36. The third kappa shape index (κ3) is 6.09. The molecule has 3 aromatic carbocycles. The van der Waals surface area contributed by atoms with E-state index >= 15 is 0 Å². The number of benzene rings is 3. The van der Waals surface area contributed by atoms with Gasteiger partial charge >= 0.3 is 0 Å². The average Bonchev–Trinajstić information content (AvgIpc) is 3.49. The molecule has 6 heteroatoms. The number of carbonyl (C=O) groups excluding carboxylic acids is 1. The van der Waals surface area contributed by atoms with Crippen LogP contribution in [0.15, 0.2) is 99.5 Å². The molecule has 0 saturated carbocycles. The number of hydrogen-bond donors (Lipinski definition) is 1. The Hall–Kier alpha value is -3.99. The maximum Gasteiger partial charge on any atom is 0.217 e. The first kappa shape index (κ1) is 29.0. The van der Waals surface area contributed by atoms with Crippen molar-refractivity contribution >= 4 is 38.8 Å².